The van der Waals surface area contributed by atoms with Crippen LogP contribution in [-0.2, 0) is 4.79 Å². The second-order valence-corrected chi connectivity index (χ2v) is 9.10. The Kier molecular flexibility index (Phi) is 6.92. The average molecular weight is 437 g/mol. The summed E-state index contributed by atoms with van der Waals surface area (Å²) in [5.74, 6) is 0.538. The molecule has 0 N–H and O–H groups in total. The van der Waals surface area contributed by atoms with E-state index in [9.17, 15) is 4.79 Å². The molecule has 3 aromatic rings. The number of nitrogens with zero attached hydrogens (tertiary/aromatic N) is 4. The Hall–Kier alpha value is -2.51. The minimum atomic E-state index is 0.158. The van der Waals surface area contributed by atoms with Crippen molar-refractivity contribution < 1.29 is 4.79 Å². The molecule has 154 valence electrons. The number of thioether (sulfide) groups is 1. The maximum absolute atomic E-state index is 12.8. The number of carbonyl (C=O) groups excluding carboxylic acids is 1. The molecule has 0 bridgehead atoms. The van der Waals surface area contributed by atoms with Gasteiger partial charge in [0.15, 0.2) is 0 Å². The van der Waals surface area contributed by atoms with Crippen LogP contribution in [-0.4, -0.2) is 52.7 Å². The first-order valence-corrected chi connectivity index (χ1v) is 11.8. The number of benzene rings is 2. The van der Waals surface area contributed by atoms with Crippen LogP contribution >= 0.6 is 23.5 Å². The molecule has 1 amide bonds. The van der Waals surface area contributed by atoms with Gasteiger partial charge in [0, 0.05) is 49.2 Å². The largest absolute Gasteiger partial charge is 0.368 e. The molecular formula is C23H24N4OS2. The molecule has 0 unspecified atom stereocenters. The Bertz CT molecular complexity index is 991. The summed E-state index contributed by atoms with van der Waals surface area (Å²) in [5, 5.41) is 1.64. The second-order valence-electron chi connectivity index (χ2n) is 7.08. The van der Waals surface area contributed by atoms with E-state index in [4.69, 9.17) is 0 Å². The molecule has 5 nitrogen and oxygen atoms in total. The van der Waals surface area contributed by atoms with Gasteiger partial charge in [-0.05, 0) is 36.8 Å². The molecular weight excluding hydrogens is 412 g/mol. The summed E-state index contributed by atoms with van der Waals surface area (Å²) < 4.78 is 0. The number of hydrogen-bond acceptors (Lipinski definition) is 6. The second kappa shape index (κ2) is 10.00. The zero-order chi connectivity index (χ0) is 20.8. The number of rotatable bonds is 6. The zero-order valence-electron chi connectivity index (χ0n) is 16.9. The van der Waals surface area contributed by atoms with Crippen molar-refractivity contribution in [2.24, 2.45) is 0 Å². The van der Waals surface area contributed by atoms with Gasteiger partial charge in [0.05, 0.1) is 5.75 Å². The average Bonchev–Trinajstić information content (AvgIpc) is 2.79. The van der Waals surface area contributed by atoms with Crippen molar-refractivity contribution in [2.75, 3.05) is 36.8 Å². The van der Waals surface area contributed by atoms with Gasteiger partial charge in [0.2, 0.25) is 5.91 Å². The van der Waals surface area contributed by atoms with Crippen LogP contribution in [0.4, 0.5) is 5.69 Å². The molecule has 0 saturated carbocycles. The highest BCUT2D eigenvalue weighted by Gasteiger charge is 2.22. The molecule has 1 saturated heterocycles. The maximum atomic E-state index is 12.8. The van der Waals surface area contributed by atoms with Crippen LogP contribution in [0.15, 0.2) is 81.9 Å². The normalized spacial score (nSPS) is 14.0. The van der Waals surface area contributed by atoms with Crippen molar-refractivity contribution in [3.63, 3.8) is 0 Å². The van der Waals surface area contributed by atoms with E-state index in [2.05, 4.69) is 46.1 Å². The smallest absolute Gasteiger partial charge is 0.233 e. The van der Waals surface area contributed by atoms with Gasteiger partial charge in [-0.1, -0.05) is 53.9 Å². The molecule has 1 aliphatic heterocycles. The van der Waals surface area contributed by atoms with E-state index in [-0.39, 0.29) is 5.91 Å². The lowest BCUT2D eigenvalue weighted by Gasteiger charge is -2.36. The van der Waals surface area contributed by atoms with Crippen LogP contribution in [0.5, 0.6) is 0 Å². The molecule has 0 aliphatic carbocycles. The summed E-state index contributed by atoms with van der Waals surface area (Å²) >= 11 is 3.04. The van der Waals surface area contributed by atoms with Crippen LogP contribution < -0.4 is 4.90 Å². The molecule has 0 radical (unpaired) electrons. The van der Waals surface area contributed by atoms with Gasteiger partial charge >= 0.3 is 0 Å². The summed E-state index contributed by atoms with van der Waals surface area (Å²) in [5.41, 5.74) is 2.49. The number of piperazine rings is 1. The quantitative estimate of drug-likeness (QED) is 0.535. The number of carbonyl (C=O) groups is 1. The van der Waals surface area contributed by atoms with Crippen molar-refractivity contribution in [3.05, 3.63) is 72.6 Å². The van der Waals surface area contributed by atoms with Crippen molar-refractivity contribution in [1.82, 2.24) is 14.9 Å². The summed E-state index contributed by atoms with van der Waals surface area (Å²) in [6, 6.07) is 18.6. The first kappa shape index (κ1) is 20.8. The fourth-order valence-electron chi connectivity index (χ4n) is 3.34. The summed E-state index contributed by atoms with van der Waals surface area (Å²) in [7, 11) is 0. The first-order chi connectivity index (χ1) is 14.7. The number of aryl methyl sites for hydroxylation is 1. The number of aromatic nitrogens is 2. The van der Waals surface area contributed by atoms with Crippen molar-refractivity contribution in [3.8, 4) is 0 Å². The van der Waals surface area contributed by atoms with Crippen LogP contribution in [0.1, 0.15) is 5.56 Å². The van der Waals surface area contributed by atoms with Crippen LogP contribution in [0.2, 0.25) is 0 Å². The molecule has 2 heterocycles. The third kappa shape index (κ3) is 5.34. The maximum Gasteiger partial charge on any atom is 0.233 e. The third-order valence-corrected chi connectivity index (χ3v) is 7.02. The highest BCUT2D eigenvalue weighted by Crippen LogP contribution is 2.32. The highest BCUT2D eigenvalue weighted by atomic mass is 32.2. The topological polar surface area (TPSA) is 49.3 Å². The van der Waals surface area contributed by atoms with Gasteiger partial charge in [-0.25, -0.2) is 9.97 Å². The van der Waals surface area contributed by atoms with Gasteiger partial charge in [0.25, 0.3) is 0 Å². The van der Waals surface area contributed by atoms with Crippen LogP contribution in [0.25, 0.3) is 0 Å². The van der Waals surface area contributed by atoms with Gasteiger partial charge in [0.1, 0.15) is 10.1 Å². The van der Waals surface area contributed by atoms with E-state index in [1.54, 1.807) is 24.2 Å². The van der Waals surface area contributed by atoms with E-state index in [1.165, 1.54) is 23.0 Å². The van der Waals surface area contributed by atoms with Crippen LogP contribution in [0.3, 0.4) is 0 Å². The van der Waals surface area contributed by atoms with Gasteiger partial charge < -0.3 is 9.80 Å². The Morgan fingerprint density at radius 2 is 1.67 bits per heavy atom. The standard InChI is InChI=1S/C23H24N4OS2/c1-18-6-5-7-19(16-18)26-12-14-27(15-13-26)21(28)17-29-22-23(25-11-10-24-22)30-20-8-3-2-4-9-20/h2-11,16H,12-15,17H2,1H3. The molecule has 30 heavy (non-hydrogen) atoms. The number of hydrogen-bond donors (Lipinski definition) is 0. The number of anilines is 1. The van der Waals surface area contributed by atoms with Crippen LogP contribution in [0, 0.1) is 6.92 Å². The Morgan fingerprint density at radius 1 is 0.933 bits per heavy atom. The summed E-state index contributed by atoms with van der Waals surface area (Å²) in [6.45, 7) is 5.33. The van der Waals surface area contributed by atoms with E-state index < -0.39 is 0 Å². The van der Waals surface area contributed by atoms with Gasteiger partial charge in [-0.3, -0.25) is 4.79 Å². The summed E-state index contributed by atoms with van der Waals surface area (Å²) in [6.07, 6.45) is 3.38. The molecule has 0 atom stereocenters. The molecule has 2 aromatic carbocycles. The first-order valence-electron chi connectivity index (χ1n) is 9.95. The number of amides is 1. The predicted octanol–water partition coefficient (Wildman–Crippen LogP) is 4.38. The molecule has 7 heteroatoms. The van der Waals surface area contributed by atoms with Crippen molar-refractivity contribution in [2.45, 2.75) is 21.9 Å². The summed E-state index contributed by atoms with van der Waals surface area (Å²) in [4.78, 5) is 27.1. The molecule has 1 aromatic heterocycles. The fourth-order valence-corrected chi connectivity index (χ4v) is 5.17. The van der Waals surface area contributed by atoms with E-state index in [0.717, 1.165) is 41.1 Å². The predicted molar refractivity (Wildman–Crippen MR) is 123 cm³/mol. The minimum Gasteiger partial charge on any atom is -0.368 e. The monoisotopic (exact) mass is 436 g/mol. The molecule has 0 spiro atoms. The van der Waals surface area contributed by atoms with E-state index >= 15 is 0 Å². The molecule has 4 rings (SSSR count). The molecule has 1 fully saturated rings. The SMILES string of the molecule is Cc1cccc(N2CCN(C(=O)CSc3nccnc3Sc3ccccc3)CC2)c1. The third-order valence-electron chi connectivity index (χ3n) is 4.92. The van der Waals surface area contributed by atoms with Crippen molar-refractivity contribution in [1.29, 1.82) is 0 Å². The zero-order valence-corrected chi connectivity index (χ0v) is 18.5. The van der Waals surface area contributed by atoms with Crippen molar-refractivity contribution >= 4 is 35.1 Å². The Balaban J connectivity index is 1.31. The van der Waals surface area contributed by atoms with E-state index in [0.29, 0.717) is 5.75 Å². The molecule has 1 aliphatic rings. The lowest BCUT2D eigenvalue weighted by Crippen LogP contribution is -2.49. The highest BCUT2D eigenvalue weighted by molar-refractivity contribution is 8.02. The minimum absolute atomic E-state index is 0.158. The Labute approximate surface area is 185 Å². The van der Waals surface area contributed by atoms with Gasteiger partial charge in [-0.2, -0.15) is 0 Å². The fraction of sp³-hybridized carbons (Fsp3) is 0.261. The lowest BCUT2D eigenvalue weighted by molar-refractivity contribution is -0.128. The lowest BCUT2D eigenvalue weighted by atomic mass is 10.2. The van der Waals surface area contributed by atoms with Gasteiger partial charge in [-0.15, -0.1) is 0 Å². The van der Waals surface area contributed by atoms with E-state index in [1.807, 2.05) is 35.2 Å². The Morgan fingerprint density at radius 3 is 2.40 bits per heavy atom.